The molecule has 1 aromatic rings. The summed E-state index contributed by atoms with van der Waals surface area (Å²) in [6, 6.07) is 7.64. The molecule has 0 aliphatic rings. The molecule has 0 heterocycles. The van der Waals surface area contributed by atoms with Crippen molar-refractivity contribution in [3.63, 3.8) is 0 Å². The average molecular weight is 260 g/mol. The summed E-state index contributed by atoms with van der Waals surface area (Å²) < 4.78 is 5.32. The molecule has 0 fully saturated rings. The predicted molar refractivity (Wildman–Crippen MR) is 79.5 cm³/mol. The minimum Gasteiger partial charge on any atom is -0.495 e. The molecule has 1 atom stereocenters. The van der Waals surface area contributed by atoms with Crippen molar-refractivity contribution >= 4 is 5.69 Å². The standard InChI is InChI=1S/C16H24N2O/c1-4-6-7-13(5-2)12-18-15-9-8-14(11-17)10-16(15)19-3/h8-10,13,18H,4-7,12H2,1-3H3. The lowest BCUT2D eigenvalue weighted by Gasteiger charge is -2.17. The van der Waals surface area contributed by atoms with Crippen molar-refractivity contribution in [1.82, 2.24) is 0 Å². The molecule has 0 radical (unpaired) electrons. The quantitative estimate of drug-likeness (QED) is 0.762. The van der Waals surface area contributed by atoms with Crippen LogP contribution < -0.4 is 10.1 Å². The van der Waals surface area contributed by atoms with Gasteiger partial charge in [-0.05, 0) is 24.5 Å². The van der Waals surface area contributed by atoms with E-state index in [-0.39, 0.29) is 0 Å². The Morgan fingerprint density at radius 2 is 2.16 bits per heavy atom. The van der Waals surface area contributed by atoms with Crippen LogP contribution in [0.15, 0.2) is 18.2 Å². The van der Waals surface area contributed by atoms with Gasteiger partial charge in [-0.1, -0.05) is 33.1 Å². The zero-order chi connectivity index (χ0) is 14.1. The molecule has 1 rings (SSSR count). The average Bonchev–Trinajstić information content (AvgIpc) is 2.47. The number of nitrogens with one attached hydrogen (secondary N) is 1. The van der Waals surface area contributed by atoms with Gasteiger partial charge in [-0.2, -0.15) is 5.26 Å². The maximum atomic E-state index is 8.88. The van der Waals surface area contributed by atoms with E-state index in [2.05, 4.69) is 25.2 Å². The van der Waals surface area contributed by atoms with Crippen LogP contribution in [0.3, 0.4) is 0 Å². The molecule has 1 aromatic carbocycles. The van der Waals surface area contributed by atoms with Crippen LogP contribution in [0.2, 0.25) is 0 Å². The molecule has 0 saturated heterocycles. The minimum absolute atomic E-state index is 0.625. The molecule has 104 valence electrons. The smallest absolute Gasteiger partial charge is 0.143 e. The van der Waals surface area contributed by atoms with Gasteiger partial charge in [0.2, 0.25) is 0 Å². The number of rotatable bonds is 8. The third-order valence-corrected chi connectivity index (χ3v) is 3.46. The normalized spacial score (nSPS) is 11.7. The maximum Gasteiger partial charge on any atom is 0.143 e. The Balaban J connectivity index is 2.63. The lowest BCUT2D eigenvalue weighted by molar-refractivity contribution is 0.415. The van der Waals surface area contributed by atoms with E-state index in [1.54, 1.807) is 13.2 Å². The van der Waals surface area contributed by atoms with Gasteiger partial charge in [0.15, 0.2) is 0 Å². The zero-order valence-electron chi connectivity index (χ0n) is 12.2. The zero-order valence-corrected chi connectivity index (χ0v) is 12.2. The fraction of sp³-hybridized carbons (Fsp3) is 0.562. The number of anilines is 1. The van der Waals surface area contributed by atoms with Crippen molar-refractivity contribution in [1.29, 1.82) is 5.26 Å². The van der Waals surface area contributed by atoms with E-state index in [0.29, 0.717) is 11.5 Å². The SMILES string of the molecule is CCCCC(CC)CNc1ccc(C#N)cc1OC. The molecule has 0 bridgehead atoms. The second-order valence-corrected chi connectivity index (χ2v) is 4.82. The monoisotopic (exact) mass is 260 g/mol. The van der Waals surface area contributed by atoms with Crippen LogP contribution >= 0.6 is 0 Å². The Morgan fingerprint density at radius 1 is 1.37 bits per heavy atom. The summed E-state index contributed by atoms with van der Waals surface area (Å²) in [5, 5.41) is 12.3. The number of unbranched alkanes of at least 4 members (excludes halogenated alkanes) is 1. The van der Waals surface area contributed by atoms with E-state index in [0.717, 1.165) is 18.0 Å². The second kappa shape index (κ2) is 8.42. The molecular weight excluding hydrogens is 236 g/mol. The molecule has 0 aliphatic carbocycles. The third-order valence-electron chi connectivity index (χ3n) is 3.46. The highest BCUT2D eigenvalue weighted by atomic mass is 16.5. The van der Waals surface area contributed by atoms with Crippen molar-refractivity contribution in [2.45, 2.75) is 39.5 Å². The molecule has 0 aliphatic heterocycles. The molecule has 0 amide bonds. The largest absolute Gasteiger partial charge is 0.495 e. The van der Waals surface area contributed by atoms with Crippen LogP contribution in [0.1, 0.15) is 45.1 Å². The molecule has 1 N–H and O–H groups in total. The fourth-order valence-corrected chi connectivity index (χ4v) is 2.10. The number of nitrogens with zero attached hydrogens (tertiary/aromatic N) is 1. The molecule has 0 aromatic heterocycles. The third kappa shape index (κ3) is 4.82. The van der Waals surface area contributed by atoms with Crippen molar-refractivity contribution in [3.8, 4) is 11.8 Å². The number of methoxy groups -OCH3 is 1. The van der Waals surface area contributed by atoms with E-state index in [1.807, 2.05) is 12.1 Å². The summed E-state index contributed by atoms with van der Waals surface area (Å²) in [5.41, 5.74) is 1.59. The molecule has 19 heavy (non-hydrogen) atoms. The van der Waals surface area contributed by atoms with Gasteiger partial charge in [0.05, 0.1) is 24.4 Å². The first-order chi connectivity index (χ1) is 9.24. The topological polar surface area (TPSA) is 45.0 Å². The van der Waals surface area contributed by atoms with Crippen molar-refractivity contribution in [2.24, 2.45) is 5.92 Å². The number of benzene rings is 1. The predicted octanol–water partition coefficient (Wildman–Crippen LogP) is 4.20. The van der Waals surface area contributed by atoms with E-state index in [4.69, 9.17) is 10.00 Å². The molecule has 3 heteroatoms. The summed E-state index contributed by atoms with van der Waals surface area (Å²) in [4.78, 5) is 0. The number of hydrogen-bond donors (Lipinski definition) is 1. The van der Waals surface area contributed by atoms with Crippen molar-refractivity contribution in [2.75, 3.05) is 19.0 Å². The highest BCUT2D eigenvalue weighted by Crippen LogP contribution is 2.26. The van der Waals surface area contributed by atoms with Crippen LogP contribution in [-0.4, -0.2) is 13.7 Å². The van der Waals surface area contributed by atoms with Crippen LogP contribution in [0, 0.1) is 17.2 Å². The van der Waals surface area contributed by atoms with E-state index in [1.165, 1.54) is 25.7 Å². The van der Waals surface area contributed by atoms with Gasteiger partial charge in [0.25, 0.3) is 0 Å². The summed E-state index contributed by atoms with van der Waals surface area (Å²) >= 11 is 0. The van der Waals surface area contributed by atoms with E-state index < -0.39 is 0 Å². The van der Waals surface area contributed by atoms with Gasteiger partial charge in [-0.25, -0.2) is 0 Å². The highest BCUT2D eigenvalue weighted by molar-refractivity contribution is 5.59. The Hall–Kier alpha value is -1.69. The highest BCUT2D eigenvalue weighted by Gasteiger charge is 2.08. The Kier molecular flexibility index (Phi) is 6.81. The number of hydrogen-bond acceptors (Lipinski definition) is 3. The first kappa shape index (κ1) is 15.4. The Bertz CT molecular complexity index is 423. The van der Waals surface area contributed by atoms with Crippen LogP contribution in [-0.2, 0) is 0 Å². The van der Waals surface area contributed by atoms with E-state index >= 15 is 0 Å². The first-order valence-electron chi connectivity index (χ1n) is 7.07. The Morgan fingerprint density at radius 3 is 2.74 bits per heavy atom. The molecule has 0 spiro atoms. The lowest BCUT2D eigenvalue weighted by Crippen LogP contribution is -2.14. The maximum absolute atomic E-state index is 8.88. The summed E-state index contributed by atoms with van der Waals surface area (Å²) in [6.45, 7) is 5.42. The molecule has 3 nitrogen and oxygen atoms in total. The van der Waals surface area contributed by atoms with Gasteiger partial charge in [0.1, 0.15) is 5.75 Å². The van der Waals surface area contributed by atoms with Gasteiger partial charge < -0.3 is 10.1 Å². The van der Waals surface area contributed by atoms with Crippen LogP contribution in [0.4, 0.5) is 5.69 Å². The van der Waals surface area contributed by atoms with Crippen molar-refractivity contribution < 1.29 is 4.74 Å². The van der Waals surface area contributed by atoms with Gasteiger partial charge in [0, 0.05) is 12.6 Å². The van der Waals surface area contributed by atoms with Crippen LogP contribution in [0.5, 0.6) is 5.75 Å². The first-order valence-corrected chi connectivity index (χ1v) is 7.07. The van der Waals surface area contributed by atoms with Gasteiger partial charge >= 0.3 is 0 Å². The molecule has 0 saturated carbocycles. The summed E-state index contributed by atoms with van der Waals surface area (Å²) in [6.07, 6.45) is 4.98. The van der Waals surface area contributed by atoms with Crippen LogP contribution in [0.25, 0.3) is 0 Å². The minimum atomic E-state index is 0.625. The van der Waals surface area contributed by atoms with E-state index in [9.17, 15) is 0 Å². The summed E-state index contributed by atoms with van der Waals surface area (Å²) in [7, 11) is 1.63. The lowest BCUT2D eigenvalue weighted by atomic mass is 9.99. The molecule has 1 unspecified atom stereocenters. The number of ether oxygens (including phenoxy) is 1. The van der Waals surface area contributed by atoms with Gasteiger partial charge in [-0.15, -0.1) is 0 Å². The summed E-state index contributed by atoms with van der Waals surface area (Å²) in [5.74, 6) is 1.43. The van der Waals surface area contributed by atoms with Crippen molar-refractivity contribution in [3.05, 3.63) is 23.8 Å². The second-order valence-electron chi connectivity index (χ2n) is 4.82. The molecular formula is C16H24N2O. The Labute approximate surface area is 116 Å². The van der Waals surface area contributed by atoms with Gasteiger partial charge in [-0.3, -0.25) is 0 Å². The fourth-order valence-electron chi connectivity index (χ4n) is 2.10. The number of nitriles is 1.